The molecule has 0 aliphatic heterocycles. The van der Waals surface area contributed by atoms with Gasteiger partial charge in [-0.05, 0) is 36.8 Å². The van der Waals surface area contributed by atoms with Gasteiger partial charge in [-0.3, -0.25) is 0 Å². The van der Waals surface area contributed by atoms with Gasteiger partial charge in [0, 0.05) is 5.54 Å². The molecule has 1 aliphatic carbocycles. The molecule has 0 amide bonds. The van der Waals surface area contributed by atoms with Crippen LogP contribution in [0.5, 0.6) is 0 Å². The minimum atomic E-state index is -4.28. The summed E-state index contributed by atoms with van der Waals surface area (Å²) in [5.41, 5.74) is 6.11. The van der Waals surface area contributed by atoms with Gasteiger partial charge in [0.15, 0.2) is 0 Å². The monoisotopic (exact) mass is 271 g/mol. The molecule has 2 N–H and O–H groups in total. The average Bonchev–Trinajstić information content (AvgIpc) is 2.27. The van der Waals surface area contributed by atoms with E-state index in [-0.39, 0.29) is 5.54 Å². The van der Waals surface area contributed by atoms with E-state index in [0.717, 1.165) is 25.3 Å². The Morgan fingerprint density at radius 3 is 2.74 bits per heavy atom. The molecule has 1 aliphatic rings. The standard InChI is InChI=1S/C15H20F3N/c1-11-4-3-7-14(19,9-11)10-12-5-2-6-13(8-12)15(16,17)18/h2,5-6,8,11H,3-4,7,9-10,19H2,1H3. The van der Waals surface area contributed by atoms with Gasteiger partial charge in [-0.2, -0.15) is 13.2 Å². The first kappa shape index (κ1) is 14.4. The van der Waals surface area contributed by atoms with E-state index < -0.39 is 11.7 Å². The molecule has 1 fully saturated rings. The molecule has 0 bridgehead atoms. The molecule has 106 valence electrons. The fraction of sp³-hybridized carbons (Fsp3) is 0.600. The first-order chi connectivity index (χ1) is 8.78. The summed E-state index contributed by atoms with van der Waals surface area (Å²) >= 11 is 0. The highest BCUT2D eigenvalue weighted by Gasteiger charge is 2.33. The van der Waals surface area contributed by atoms with Crippen molar-refractivity contribution in [2.24, 2.45) is 11.7 Å². The third-order valence-electron chi connectivity index (χ3n) is 3.94. The summed E-state index contributed by atoms with van der Waals surface area (Å²) < 4.78 is 38.0. The van der Waals surface area contributed by atoms with Crippen LogP contribution in [0.25, 0.3) is 0 Å². The van der Waals surface area contributed by atoms with Crippen molar-refractivity contribution in [3.05, 3.63) is 35.4 Å². The molecule has 0 aromatic heterocycles. The van der Waals surface area contributed by atoms with Gasteiger partial charge >= 0.3 is 6.18 Å². The highest BCUT2D eigenvalue weighted by atomic mass is 19.4. The summed E-state index contributed by atoms with van der Waals surface area (Å²) in [5.74, 6) is 0.560. The van der Waals surface area contributed by atoms with Crippen LogP contribution in [0.15, 0.2) is 24.3 Å². The molecular formula is C15H20F3N. The minimum absolute atomic E-state index is 0.345. The first-order valence-electron chi connectivity index (χ1n) is 6.74. The second-order valence-electron chi connectivity index (χ2n) is 5.94. The Kier molecular flexibility index (Phi) is 3.90. The third kappa shape index (κ3) is 3.72. The van der Waals surface area contributed by atoms with Crippen LogP contribution in [-0.2, 0) is 12.6 Å². The molecule has 4 heteroatoms. The van der Waals surface area contributed by atoms with E-state index in [4.69, 9.17) is 5.73 Å². The van der Waals surface area contributed by atoms with E-state index in [9.17, 15) is 13.2 Å². The van der Waals surface area contributed by atoms with Crippen molar-refractivity contribution >= 4 is 0 Å². The van der Waals surface area contributed by atoms with Crippen LogP contribution in [0.4, 0.5) is 13.2 Å². The molecule has 0 heterocycles. The SMILES string of the molecule is CC1CCCC(N)(Cc2cccc(C(F)(F)F)c2)C1. The van der Waals surface area contributed by atoms with Gasteiger partial charge in [-0.15, -0.1) is 0 Å². The Bertz CT molecular complexity index is 441. The Labute approximate surface area is 112 Å². The molecular weight excluding hydrogens is 251 g/mol. The molecule has 0 saturated heterocycles. The summed E-state index contributed by atoms with van der Waals surface area (Å²) in [6.07, 6.45) is 0.272. The number of hydrogen-bond acceptors (Lipinski definition) is 1. The van der Waals surface area contributed by atoms with Crippen LogP contribution in [-0.4, -0.2) is 5.54 Å². The smallest absolute Gasteiger partial charge is 0.325 e. The van der Waals surface area contributed by atoms with Gasteiger partial charge in [0.25, 0.3) is 0 Å². The Hall–Kier alpha value is -1.03. The predicted octanol–water partition coefficient (Wildman–Crippen LogP) is 4.16. The molecule has 1 aromatic carbocycles. The van der Waals surface area contributed by atoms with Gasteiger partial charge in [-0.1, -0.05) is 38.0 Å². The number of nitrogens with two attached hydrogens (primary N) is 1. The zero-order valence-corrected chi connectivity index (χ0v) is 11.1. The highest BCUT2D eigenvalue weighted by Crippen LogP contribution is 2.34. The lowest BCUT2D eigenvalue weighted by atomic mass is 9.74. The molecule has 0 spiro atoms. The van der Waals surface area contributed by atoms with Crippen molar-refractivity contribution in [3.63, 3.8) is 0 Å². The van der Waals surface area contributed by atoms with Crippen LogP contribution >= 0.6 is 0 Å². The van der Waals surface area contributed by atoms with E-state index in [2.05, 4.69) is 6.92 Å². The maximum Gasteiger partial charge on any atom is 0.416 e. The van der Waals surface area contributed by atoms with E-state index in [1.807, 2.05) is 0 Å². The first-order valence-corrected chi connectivity index (χ1v) is 6.74. The average molecular weight is 271 g/mol. The van der Waals surface area contributed by atoms with Gasteiger partial charge in [-0.25, -0.2) is 0 Å². The normalized spacial score (nSPS) is 28.4. The summed E-state index contributed by atoms with van der Waals surface area (Å²) in [7, 11) is 0. The van der Waals surface area contributed by atoms with Crippen LogP contribution in [0.1, 0.15) is 43.7 Å². The zero-order chi connectivity index (χ0) is 14.1. The quantitative estimate of drug-likeness (QED) is 0.859. The fourth-order valence-electron chi connectivity index (χ4n) is 3.13. The number of hydrogen-bond donors (Lipinski definition) is 1. The molecule has 0 radical (unpaired) electrons. The van der Waals surface area contributed by atoms with Gasteiger partial charge < -0.3 is 5.73 Å². The maximum absolute atomic E-state index is 12.7. The van der Waals surface area contributed by atoms with E-state index in [1.165, 1.54) is 18.6 Å². The Balaban J connectivity index is 2.15. The predicted molar refractivity (Wildman–Crippen MR) is 69.7 cm³/mol. The number of alkyl halides is 3. The second kappa shape index (κ2) is 5.16. The van der Waals surface area contributed by atoms with Crippen LogP contribution in [0, 0.1) is 5.92 Å². The van der Waals surface area contributed by atoms with E-state index >= 15 is 0 Å². The van der Waals surface area contributed by atoms with Crippen molar-refractivity contribution in [1.29, 1.82) is 0 Å². The molecule has 1 nitrogen and oxygen atoms in total. The lowest BCUT2D eigenvalue weighted by Crippen LogP contribution is -2.45. The minimum Gasteiger partial charge on any atom is -0.325 e. The topological polar surface area (TPSA) is 26.0 Å². The van der Waals surface area contributed by atoms with Crippen molar-refractivity contribution in [2.45, 2.75) is 50.7 Å². The molecule has 2 atom stereocenters. The molecule has 19 heavy (non-hydrogen) atoms. The fourth-order valence-corrected chi connectivity index (χ4v) is 3.13. The van der Waals surface area contributed by atoms with Crippen molar-refractivity contribution in [3.8, 4) is 0 Å². The van der Waals surface area contributed by atoms with Crippen molar-refractivity contribution in [2.75, 3.05) is 0 Å². The maximum atomic E-state index is 12.7. The number of rotatable bonds is 2. The second-order valence-corrected chi connectivity index (χ2v) is 5.94. The molecule has 1 saturated carbocycles. The van der Waals surface area contributed by atoms with E-state index in [1.54, 1.807) is 6.07 Å². The van der Waals surface area contributed by atoms with Crippen LogP contribution in [0.2, 0.25) is 0 Å². The zero-order valence-electron chi connectivity index (χ0n) is 11.1. The van der Waals surface area contributed by atoms with Gasteiger partial charge in [0.05, 0.1) is 5.56 Å². The van der Waals surface area contributed by atoms with Crippen molar-refractivity contribution in [1.82, 2.24) is 0 Å². The molecule has 1 aromatic rings. The molecule has 2 rings (SSSR count). The third-order valence-corrected chi connectivity index (χ3v) is 3.94. The number of halogens is 3. The lowest BCUT2D eigenvalue weighted by molar-refractivity contribution is -0.137. The summed E-state index contributed by atoms with van der Waals surface area (Å²) in [6.45, 7) is 2.16. The molecule has 2 unspecified atom stereocenters. The Morgan fingerprint density at radius 1 is 1.37 bits per heavy atom. The van der Waals surface area contributed by atoms with Crippen LogP contribution < -0.4 is 5.73 Å². The summed E-state index contributed by atoms with van der Waals surface area (Å²) in [5, 5.41) is 0. The van der Waals surface area contributed by atoms with Gasteiger partial charge in [0.2, 0.25) is 0 Å². The Morgan fingerprint density at radius 2 is 2.11 bits per heavy atom. The van der Waals surface area contributed by atoms with Crippen LogP contribution in [0.3, 0.4) is 0 Å². The number of benzene rings is 1. The van der Waals surface area contributed by atoms with Gasteiger partial charge in [0.1, 0.15) is 0 Å². The summed E-state index contributed by atoms with van der Waals surface area (Å²) in [4.78, 5) is 0. The summed E-state index contributed by atoms with van der Waals surface area (Å²) in [6, 6.07) is 5.54. The van der Waals surface area contributed by atoms with E-state index in [0.29, 0.717) is 17.9 Å². The highest BCUT2D eigenvalue weighted by molar-refractivity contribution is 5.27. The van der Waals surface area contributed by atoms with Crippen molar-refractivity contribution < 1.29 is 13.2 Å². The largest absolute Gasteiger partial charge is 0.416 e. The lowest BCUT2D eigenvalue weighted by Gasteiger charge is -2.37.